The van der Waals surface area contributed by atoms with Gasteiger partial charge in [-0.15, -0.1) is 0 Å². The molecule has 0 spiro atoms. The van der Waals surface area contributed by atoms with Crippen LogP contribution in [-0.4, -0.2) is 31.1 Å². The van der Waals surface area contributed by atoms with Crippen LogP contribution in [0.2, 0.25) is 0 Å². The van der Waals surface area contributed by atoms with E-state index in [0.717, 1.165) is 52.6 Å². The summed E-state index contributed by atoms with van der Waals surface area (Å²) in [6, 6.07) is 12.4. The van der Waals surface area contributed by atoms with Crippen LogP contribution in [-0.2, 0) is 11.3 Å². The van der Waals surface area contributed by atoms with Gasteiger partial charge in [-0.2, -0.15) is 0 Å². The number of hydrogen-bond donors (Lipinski definition) is 1. The number of methoxy groups -OCH3 is 1. The molecular formula is C21H22FN3O2S. The number of nitrogens with zero attached hydrogens (tertiary/aromatic N) is 2. The molecule has 0 bridgehead atoms. The number of aromatic nitrogens is 1. The lowest BCUT2D eigenvalue weighted by molar-refractivity contribution is -0.125. The largest absolute Gasteiger partial charge is 0.497 e. The SMILES string of the molecule is COc1cccc(CNC(=O)C2CCN(c3nc4ccc(F)cc4s3)CC2)c1. The van der Waals surface area contributed by atoms with Crippen molar-refractivity contribution >= 4 is 32.6 Å². The van der Waals surface area contributed by atoms with Crippen LogP contribution < -0.4 is 15.0 Å². The summed E-state index contributed by atoms with van der Waals surface area (Å²) >= 11 is 1.50. The van der Waals surface area contributed by atoms with Gasteiger partial charge in [0.2, 0.25) is 5.91 Å². The van der Waals surface area contributed by atoms with Gasteiger partial charge in [0.1, 0.15) is 11.6 Å². The average Bonchev–Trinajstić information content (AvgIpc) is 3.15. The molecule has 0 unspecified atom stereocenters. The first kappa shape index (κ1) is 18.7. The fraction of sp³-hybridized carbons (Fsp3) is 0.333. The van der Waals surface area contributed by atoms with Gasteiger partial charge in [-0.05, 0) is 48.7 Å². The zero-order valence-electron chi connectivity index (χ0n) is 15.7. The van der Waals surface area contributed by atoms with Crippen LogP contribution in [0.1, 0.15) is 18.4 Å². The zero-order chi connectivity index (χ0) is 19.5. The van der Waals surface area contributed by atoms with E-state index in [2.05, 4.69) is 15.2 Å². The van der Waals surface area contributed by atoms with Gasteiger partial charge < -0.3 is 15.0 Å². The number of carbonyl (C=O) groups excluding carboxylic acids is 1. The molecule has 1 N–H and O–H groups in total. The van der Waals surface area contributed by atoms with E-state index < -0.39 is 0 Å². The number of rotatable bonds is 5. The number of carbonyl (C=O) groups is 1. The summed E-state index contributed by atoms with van der Waals surface area (Å²) in [5.74, 6) is 0.646. The highest BCUT2D eigenvalue weighted by molar-refractivity contribution is 7.22. The van der Waals surface area contributed by atoms with Crippen molar-refractivity contribution in [2.45, 2.75) is 19.4 Å². The highest BCUT2D eigenvalue weighted by atomic mass is 32.1. The van der Waals surface area contributed by atoms with Gasteiger partial charge in [0.15, 0.2) is 5.13 Å². The van der Waals surface area contributed by atoms with Crippen molar-refractivity contribution in [1.29, 1.82) is 0 Å². The third-order valence-corrected chi connectivity index (χ3v) is 6.16. The Hall–Kier alpha value is -2.67. The maximum Gasteiger partial charge on any atom is 0.223 e. The number of nitrogens with one attached hydrogen (secondary N) is 1. The number of piperidine rings is 1. The van der Waals surface area contributed by atoms with Crippen LogP contribution in [0.5, 0.6) is 5.75 Å². The lowest BCUT2D eigenvalue weighted by Gasteiger charge is -2.31. The van der Waals surface area contributed by atoms with E-state index in [1.165, 1.54) is 23.5 Å². The Morgan fingerprint density at radius 1 is 1.29 bits per heavy atom. The van der Waals surface area contributed by atoms with Gasteiger partial charge in [-0.3, -0.25) is 4.79 Å². The molecule has 1 amide bonds. The number of ether oxygens (including phenoxy) is 1. The van der Waals surface area contributed by atoms with E-state index in [1.807, 2.05) is 24.3 Å². The van der Waals surface area contributed by atoms with E-state index in [4.69, 9.17) is 4.74 Å². The monoisotopic (exact) mass is 399 g/mol. The molecule has 0 saturated carbocycles. The molecule has 1 saturated heterocycles. The van der Waals surface area contributed by atoms with Crippen molar-refractivity contribution in [1.82, 2.24) is 10.3 Å². The summed E-state index contributed by atoms with van der Waals surface area (Å²) in [4.78, 5) is 19.3. The second-order valence-corrected chi connectivity index (χ2v) is 7.95. The Morgan fingerprint density at radius 2 is 2.11 bits per heavy atom. The molecule has 2 heterocycles. The topological polar surface area (TPSA) is 54.5 Å². The molecule has 0 atom stereocenters. The van der Waals surface area contributed by atoms with Crippen molar-refractivity contribution in [2.75, 3.05) is 25.1 Å². The van der Waals surface area contributed by atoms with Crippen LogP contribution in [0, 0.1) is 11.7 Å². The lowest BCUT2D eigenvalue weighted by Crippen LogP contribution is -2.40. The lowest BCUT2D eigenvalue weighted by atomic mass is 9.96. The Kier molecular flexibility index (Phi) is 5.43. The molecule has 1 aliphatic heterocycles. The van der Waals surface area contributed by atoms with Gasteiger partial charge in [0, 0.05) is 25.6 Å². The van der Waals surface area contributed by atoms with Crippen molar-refractivity contribution in [3.8, 4) is 5.75 Å². The molecule has 7 heteroatoms. The number of benzene rings is 2. The first-order chi connectivity index (χ1) is 13.6. The molecule has 1 fully saturated rings. The number of anilines is 1. The standard InChI is InChI=1S/C21H22FN3O2S/c1-27-17-4-2-3-14(11-17)13-23-20(26)15-7-9-25(10-8-15)21-24-18-6-5-16(22)12-19(18)28-21/h2-6,11-12,15H,7-10,13H2,1H3,(H,23,26). The third kappa shape index (κ3) is 4.09. The van der Waals surface area contributed by atoms with E-state index in [-0.39, 0.29) is 17.6 Å². The minimum atomic E-state index is -0.242. The summed E-state index contributed by atoms with van der Waals surface area (Å²) in [5.41, 5.74) is 1.84. The molecule has 5 nitrogen and oxygen atoms in total. The Bertz CT molecular complexity index is 983. The van der Waals surface area contributed by atoms with E-state index in [1.54, 1.807) is 13.2 Å². The summed E-state index contributed by atoms with van der Waals surface area (Å²) in [6.07, 6.45) is 1.57. The highest BCUT2D eigenvalue weighted by Crippen LogP contribution is 2.32. The van der Waals surface area contributed by atoms with Gasteiger partial charge in [-0.1, -0.05) is 23.5 Å². The molecule has 0 aliphatic carbocycles. The normalized spacial score (nSPS) is 15.0. The quantitative estimate of drug-likeness (QED) is 0.705. The van der Waals surface area contributed by atoms with Gasteiger partial charge in [0.25, 0.3) is 0 Å². The average molecular weight is 399 g/mol. The predicted octanol–water partition coefficient (Wildman–Crippen LogP) is 3.98. The number of fused-ring (bicyclic) bond motifs is 1. The minimum Gasteiger partial charge on any atom is -0.497 e. The summed E-state index contributed by atoms with van der Waals surface area (Å²) < 4.78 is 19.5. The minimum absolute atomic E-state index is 0.00804. The van der Waals surface area contributed by atoms with Crippen LogP contribution in [0.4, 0.5) is 9.52 Å². The fourth-order valence-corrected chi connectivity index (χ4v) is 4.51. The number of hydrogen-bond acceptors (Lipinski definition) is 5. The van der Waals surface area contributed by atoms with Crippen molar-refractivity contribution in [2.24, 2.45) is 5.92 Å². The van der Waals surface area contributed by atoms with Crippen molar-refractivity contribution in [3.05, 3.63) is 53.8 Å². The molecular weight excluding hydrogens is 377 g/mol. The van der Waals surface area contributed by atoms with Crippen LogP contribution in [0.15, 0.2) is 42.5 Å². The summed E-state index contributed by atoms with van der Waals surface area (Å²) in [5, 5.41) is 3.93. The van der Waals surface area contributed by atoms with E-state index in [0.29, 0.717) is 6.54 Å². The van der Waals surface area contributed by atoms with Crippen molar-refractivity contribution in [3.63, 3.8) is 0 Å². The van der Waals surface area contributed by atoms with Gasteiger partial charge in [0.05, 0.1) is 17.3 Å². The number of halogens is 1. The highest BCUT2D eigenvalue weighted by Gasteiger charge is 2.26. The fourth-order valence-electron chi connectivity index (χ4n) is 3.47. The van der Waals surface area contributed by atoms with Crippen LogP contribution in [0.3, 0.4) is 0 Å². The Labute approximate surface area is 167 Å². The van der Waals surface area contributed by atoms with Crippen LogP contribution in [0.25, 0.3) is 10.2 Å². The smallest absolute Gasteiger partial charge is 0.223 e. The molecule has 2 aromatic carbocycles. The number of thiazole rings is 1. The molecule has 4 rings (SSSR count). The molecule has 0 radical (unpaired) electrons. The van der Waals surface area contributed by atoms with Crippen molar-refractivity contribution < 1.29 is 13.9 Å². The van der Waals surface area contributed by atoms with Gasteiger partial charge in [-0.25, -0.2) is 9.37 Å². The summed E-state index contributed by atoms with van der Waals surface area (Å²) in [7, 11) is 1.63. The molecule has 28 heavy (non-hydrogen) atoms. The third-order valence-electron chi connectivity index (χ3n) is 5.08. The number of amides is 1. The first-order valence-corrected chi connectivity index (χ1v) is 10.2. The maximum atomic E-state index is 13.4. The Balaban J connectivity index is 1.32. The molecule has 3 aromatic rings. The van der Waals surface area contributed by atoms with E-state index in [9.17, 15) is 9.18 Å². The Morgan fingerprint density at radius 3 is 2.89 bits per heavy atom. The molecule has 1 aliphatic rings. The van der Waals surface area contributed by atoms with E-state index >= 15 is 0 Å². The molecule has 146 valence electrons. The second kappa shape index (κ2) is 8.14. The summed E-state index contributed by atoms with van der Waals surface area (Å²) in [6.45, 7) is 2.05. The zero-order valence-corrected chi connectivity index (χ0v) is 16.5. The first-order valence-electron chi connectivity index (χ1n) is 9.34. The predicted molar refractivity (Wildman–Crippen MR) is 109 cm³/mol. The maximum absolute atomic E-state index is 13.4. The van der Waals surface area contributed by atoms with Gasteiger partial charge >= 0.3 is 0 Å². The van der Waals surface area contributed by atoms with Crippen LogP contribution >= 0.6 is 11.3 Å². The second-order valence-electron chi connectivity index (χ2n) is 6.94. The molecule has 1 aromatic heterocycles.